The molecule has 0 unspecified atom stereocenters. The minimum Gasteiger partial charge on any atom is -0.504 e. The topological polar surface area (TPSA) is 63.6 Å². The van der Waals surface area contributed by atoms with Crippen LogP contribution in [-0.2, 0) is 10.1 Å². The number of phenols is 1. The van der Waals surface area contributed by atoms with Crippen LogP contribution in [0.4, 0.5) is 0 Å². The number of aromatic hydroxyl groups is 1. The summed E-state index contributed by atoms with van der Waals surface area (Å²) in [7, 11) is -3.66. The summed E-state index contributed by atoms with van der Waals surface area (Å²) in [6.07, 6.45) is 1.38. The normalized spacial score (nSPS) is 17.5. The molecule has 0 radical (unpaired) electrons. The molecule has 0 bridgehead atoms. The average molecular weight is 198 g/mol. The van der Waals surface area contributed by atoms with Crippen LogP contribution in [0.1, 0.15) is 5.56 Å². The first-order valence-electron chi connectivity index (χ1n) is 3.53. The molecule has 68 valence electrons. The summed E-state index contributed by atoms with van der Waals surface area (Å²) in [6, 6.07) is 4.63. The molecule has 2 rings (SSSR count). The van der Waals surface area contributed by atoms with Gasteiger partial charge in [-0.2, -0.15) is 8.42 Å². The monoisotopic (exact) mass is 198 g/mol. The average Bonchev–Trinajstić information content (AvgIpc) is 2.06. The second-order valence-corrected chi connectivity index (χ2v) is 4.00. The molecule has 0 aromatic heterocycles. The number of hydrogen-bond donors (Lipinski definition) is 1. The van der Waals surface area contributed by atoms with Crippen LogP contribution in [0.15, 0.2) is 23.6 Å². The molecule has 0 atom stereocenters. The van der Waals surface area contributed by atoms with E-state index >= 15 is 0 Å². The van der Waals surface area contributed by atoms with Gasteiger partial charge in [-0.05, 0) is 12.1 Å². The summed E-state index contributed by atoms with van der Waals surface area (Å²) in [4.78, 5) is 0. The second-order valence-electron chi connectivity index (χ2n) is 2.57. The lowest BCUT2D eigenvalue weighted by atomic mass is 10.2. The van der Waals surface area contributed by atoms with Crippen molar-refractivity contribution in [2.75, 3.05) is 0 Å². The first-order valence-corrected chi connectivity index (χ1v) is 5.00. The molecule has 0 saturated heterocycles. The Morgan fingerprint density at radius 2 is 2.08 bits per heavy atom. The zero-order valence-electron chi connectivity index (χ0n) is 6.47. The maximum atomic E-state index is 10.9. The predicted molar refractivity (Wildman–Crippen MR) is 46.7 cm³/mol. The Morgan fingerprint density at radius 1 is 1.31 bits per heavy atom. The Bertz CT molecular complexity index is 473. The maximum Gasteiger partial charge on any atom is 0.332 e. The number of rotatable bonds is 0. The van der Waals surface area contributed by atoms with E-state index in [2.05, 4.69) is 4.18 Å². The van der Waals surface area contributed by atoms with Crippen LogP contribution >= 0.6 is 0 Å². The molecule has 1 aromatic carbocycles. The minimum atomic E-state index is -3.66. The Labute approximate surface area is 75.2 Å². The van der Waals surface area contributed by atoms with Gasteiger partial charge in [0.2, 0.25) is 0 Å². The molecule has 0 spiro atoms. The molecule has 4 nitrogen and oxygen atoms in total. The molecule has 13 heavy (non-hydrogen) atoms. The minimum absolute atomic E-state index is 0.00926. The van der Waals surface area contributed by atoms with E-state index < -0.39 is 10.1 Å². The van der Waals surface area contributed by atoms with Gasteiger partial charge in [-0.3, -0.25) is 0 Å². The molecule has 0 fully saturated rings. The quantitative estimate of drug-likeness (QED) is 0.634. The zero-order valence-corrected chi connectivity index (χ0v) is 7.28. The summed E-state index contributed by atoms with van der Waals surface area (Å²) in [6.45, 7) is 0. The second kappa shape index (κ2) is 2.50. The van der Waals surface area contributed by atoms with E-state index in [1.54, 1.807) is 12.1 Å². The van der Waals surface area contributed by atoms with E-state index in [0.717, 1.165) is 5.41 Å². The standard InChI is InChI=1S/C8H6O4S/c9-7-3-1-2-6-4-5-13(10,11)12-8(6)7/h1-5,9H. The van der Waals surface area contributed by atoms with Crippen molar-refractivity contribution in [3.8, 4) is 11.5 Å². The number of phenolic OH excluding ortho intramolecular Hbond substituents is 1. The van der Waals surface area contributed by atoms with Crippen molar-refractivity contribution >= 4 is 16.2 Å². The third-order valence-electron chi connectivity index (χ3n) is 1.64. The highest BCUT2D eigenvalue weighted by Gasteiger charge is 2.19. The van der Waals surface area contributed by atoms with Crippen LogP contribution in [0.5, 0.6) is 11.5 Å². The summed E-state index contributed by atoms with van der Waals surface area (Å²) < 4.78 is 26.5. The SMILES string of the molecule is O=S1(=O)C=Cc2cccc(O)c2O1. The summed E-state index contributed by atoms with van der Waals surface area (Å²) in [5, 5.41) is 10.2. The maximum absolute atomic E-state index is 10.9. The largest absolute Gasteiger partial charge is 0.504 e. The fourth-order valence-electron chi connectivity index (χ4n) is 1.06. The van der Waals surface area contributed by atoms with Crippen LogP contribution < -0.4 is 4.18 Å². The molecule has 5 heteroatoms. The van der Waals surface area contributed by atoms with Gasteiger partial charge in [-0.25, -0.2) is 0 Å². The highest BCUT2D eigenvalue weighted by Crippen LogP contribution is 2.34. The zero-order chi connectivity index (χ0) is 9.47. The van der Waals surface area contributed by atoms with E-state index in [0.29, 0.717) is 5.56 Å². The molecule has 1 aromatic rings. The van der Waals surface area contributed by atoms with E-state index in [4.69, 9.17) is 0 Å². The molecule has 1 aliphatic heterocycles. The van der Waals surface area contributed by atoms with Gasteiger partial charge in [0.05, 0.1) is 5.41 Å². The number of para-hydroxylation sites is 1. The third-order valence-corrected chi connectivity index (χ3v) is 2.51. The highest BCUT2D eigenvalue weighted by molar-refractivity contribution is 7.90. The van der Waals surface area contributed by atoms with Crippen molar-refractivity contribution in [1.29, 1.82) is 0 Å². The summed E-state index contributed by atoms with van der Waals surface area (Å²) >= 11 is 0. The number of fused-ring (bicyclic) bond motifs is 1. The molecule has 0 amide bonds. The van der Waals surface area contributed by atoms with Gasteiger partial charge in [0, 0.05) is 5.56 Å². The smallest absolute Gasteiger partial charge is 0.332 e. The van der Waals surface area contributed by atoms with Gasteiger partial charge < -0.3 is 9.29 Å². The van der Waals surface area contributed by atoms with Crippen molar-refractivity contribution in [2.24, 2.45) is 0 Å². The first kappa shape index (κ1) is 8.12. The van der Waals surface area contributed by atoms with E-state index in [1.165, 1.54) is 12.1 Å². The van der Waals surface area contributed by atoms with Gasteiger partial charge >= 0.3 is 10.1 Å². The van der Waals surface area contributed by atoms with E-state index in [9.17, 15) is 13.5 Å². The van der Waals surface area contributed by atoms with Crippen molar-refractivity contribution in [1.82, 2.24) is 0 Å². The Balaban J connectivity index is 2.67. The van der Waals surface area contributed by atoms with E-state index in [1.807, 2.05) is 0 Å². The molecule has 1 aliphatic rings. The van der Waals surface area contributed by atoms with Gasteiger partial charge in [0.25, 0.3) is 0 Å². The Morgan fingerprint density at radius 3 is 2.85 bits per heavy atom. The highest BCUT2D eigenvalue weighted by atomic mass is 32.2. The van der Waals surface area contributed by atoms with Crippen LogP contribution in [-0.4, -0.2) is 13.5 Å². The number of benzene rings is 1. The Hall–Kier alpha value is -1.49. The molecule has 1 heterocycles. The van der Waals surface area contributed by atoms with Crippen molar-refractivity contribution in [3.63, 3.8) is 0 Å². The van der Waals surface area contributed by atoms with Gasteiger partial charge in [-0.1, -0.05) is 12.1 Å². The van der Waals surface area contributed by atoms with Crippen molar-refractivity contribution in [3.05, 3.63) is 29.2 Å². The first-order chi connectivity index (χ1) is 6.08. The molecule has 0 aliphatic carbocycles. The van der Waals surface area contributed by atoms with Gasteiger partial charge in [0.15, 0.2) is 11.5 Å². The Kier molecular flexibility index (Phi) is 1.56. The predicted octanol–water partition coefficient (Wildman–Crippen LogP) is 1.09. The van der Waals surface area contributed by atoms with Crippen LogP contribution in [0.25, 0.3) is 6.08 Å². The summed E-state index contributed by atoms with van der Waals surface area (Å²) in [5.41, 5.74) is 0.551. The molecular weight excluding hydrogens is 192 g/mol. The van der Waals surface area contributed by atoms with Gasteiger partial charge in [0.1, 0.15) is 0 Å². The van der Waals surface area contributed by atoms with Gasteiger partial charge in [-0.15, -0.1) is 0 Å². The number of hydrogen-bond acceptors (Lipinski definition) is 4. The molecule has 1 N–H and O–H groups in total. The van der Waals surface area contributed by atoms with Crippen molar-refractivity contribution in [2.45, 2.75) is 0 Å². The van der Waals surface area contributed by atoms with E-state index in [-0.39, 0.29) is 11.5 Å². The molecule has 0 saturated carbocycles. The van der Waals surface area contributed by atoms with Crippen molar-refractivity contribution < 1.29 is 17.7 Å². The lowest BCUT2D eigenvalue weighted by molar-refractivity contribution is 0.430. The van der Waals surface area contributed by atoms with Crippen LogP contribution in [0, 0.1) is 0 Å². The lowest BCUT2D eigenvalue weighted by Gasteiger charge is -2.12. The van der Waals surface area contributed by atoms with Crippen LogP contribution in [0.2, 0.25) is 0 Å². The van der Waals surface area contributed by atoms with Crippen LogP contribution in [0.3, 0.4) is 0 Å². The fourth-order valence-corrected chi connectivity index (χ4v) is 1.85. The molecular formula is C8H6O4S. The summed E-state index contributed by atoms with van der Waals surface area (Å²) in [5.74, 6) is -0.185. The third kappa shape index (κ3) is 1.38. The lowest BCUT2D eigenvalue weighted by Crippen LogP contribution is -2.09. The fraction of sp³-hybridized carbons (Fsp3) is 0.